The molecule has 1 aromatic carbocycles. The molecule has 0 saturated carbocycles. The number of nitrogens with zero attached hydrogens (tertiary/aromatic N) is 3. The maximum Gasteiger partial charge on any atom is 0.220 e. The van der Waals surface area contributed by atoms with Crippen LogP contribution >= 0.6 is 15.9 Å². The predicted molar refractivity (Wildman–Crippen MR) is 84.7 cm³/mol. The van der Waals surface area contributed by atoms with Gasteiger partial charge in [-0.3, -0.25) is 0 Å². The van der Waals surface area contributed by atoms with E-state index >= 15 is 0 Å². The fourth-order valence-corrected chi connectivity index (χ4v) is 3.54. The first kappa shape index (κ1) is 14.0. The maximum absolute atomic E-state index is 8.90. The number of hydrogen-bond donors (Lipinski definition) is 2. The van der Waals surface area contributed by atoms with Gasteiger partial charge in [0.25, 0.3) is 0 Å². The fraction of sp³-hybridized carbons (Fsp3) is 0.267. The van der Waals surface area contributed by atoms with E-state index in [0.717, 1.165) is 28.6 Å². The monoisotopic (exact) mass is 346 g/mol. The minimum Gasteiger partial charge on any atom is -0.411 e. The summed E-state index contributed by atoms with van der Waals surface area (Å²) in [6, 6.07) is 8.17. The van der Waals surface area contributed by atoms with Gasteiger partial charge in [0.1, 0.15) is 0 Å². The van der Waals surface area contributed by atoms with Gasteiger partial charge in [0.2, 0.25) is 5.95 Å². The van der Waals surface area contributed by atoms with Crippen LogP contribution in [0.1, 0.15) is 35.1 Å². The van der Waals surface area contributed by atoms with E-state index < -0.39 is 0 Å². The zero-order valence-corrected chi connectivity index (χ0v) is 12.9. The molecule has 0 bridgehead atoms. The van der Waals surface area contributed by atoms with Crippen LogP contribution in [0, 0.1) is 0 Å². The molecule has 0 fully saturated rings. The SMILES string of the molecule is Nc1ncc2c(n1)CC(c1ccccc1Br)CC2C=NO. The Bertz CT molecular complexity index is 689. The molecule has 0 aliphatic heterocycles. The van der Waals surface area contributed by atoms with Gasteiger partial charge in [-0.05, 0) is 30.4 Å². The van der Waals surface area contributed by atoms with E-state index in [1.807, 2.05) is 18.2 Å². The molecule has 2 aromatic rings. The largest absolute Gasteiger partial charge is 0.411 e. The van der Waals surface area contributed by atoms with E-state index in [1.165, 1.54) is 5.56 Å². The van der Waals surface area contributed by atoms with E-state index in [1.54, 1.807) is 12.4 Å². The summed E-state index contributed by atoms with van der Waals surface area (Å²) >= 11 is 3.60. The average Bonchev–Trinajstić information content (AvgIpc) is 2.47. The second-order valence-electron chi connectivity index (χ2n) is 5.16. The standard InChI is InChI=1S/C15H15BrN4O/c16-13-4-2-1-3-11(13)9-5-10(7-19-21)12-8-18-15(17)20-14(12)6-9/h1-4,7-10,21H,5-6H2,(H2,17,18,20). The van der Waals surface area contributed by atoms with Crippen molar-refractivity contribution in [1.29, 1.82) is 0 Å². The molecular weight excluding hydrogens is 332 g/mol. The topological polar surface area (TPSA) is 84.4 Å². The first-order valence-electron chi connectivity index (χ1n) is 6.72. The van der Waals surface area contributed by atoms with E-state index in [-0.39, 0.29) is 11.9 Å². The van der Waals surface area contributed by atoms with Crippen LogP contribution in [0.25, 0.3) is 0 Å². The molecule has 21 heavy (non-hydrogen) atoms. The second-order valence-corrected chi connectivity index (χ2v) is 6.01. The highest BCUT2D eigenvalue weighted by atomic mass is 79.9. The number of nitrogen functional groups attached to an aromatic ring is 1. The minimum absolute atomic E-state index is 0.00328. The number of oxime groups is 1. The Balaban J connectivity index is 2.02. The second kappa shape index (κ2) is 5.81. The third kappa shape index (κ3) is 2.76. The first-order valence-corrected chi connectivity index (χ1v) is 7.51. The van der Waals surface area contributed by atoms with E-state index in [0.29, 0.717) is 5.92 Å². The van der Waals surface area contributed by atoms with Gasteiger partial charge < -0.3 is 10.9 Å². The van der Waals surface area contributed by atoms with Crippen LogP contribution in [-0.2, 0) is 6.42 Å². The molecule has 1 aliphatic rings. The fourth-order valence-electron chi connectivity index (χ4n) is 2.93. The molecule has 5 nitrogen and oxygen atoms in total. The Labute approximate surface area is 131 Å². The molecule has 0 amide bonds. The van der Waals surface area contributed by atoms with Crippen LogP contribution in [0.2, 0.25) is 0 Å². The van der Waals surface area contributed by atoms with Crippen LogP contribution in [0.3, 0.4) is 0 Å². The zero-order chi connectivity index (χ0) is 14.8. The molecule has 3 N–H and O–H groups in total. The summed E-state index contributed by atoms with van der Waals surface area (Å²) in [7, 11) is 0. The lowest BCUT2D eigenvalue weighted by molar-refractivity contribution is 0.318. The van der Waals surface area contributed by atoms with Gasteiger partial charge in [-0.25, -0.2) is 9.97 Å². The predicted octanol–water partition coefficient (Wildman–Crippen LogP) is 3.09. The van der Waals surface area contributed by atoms with Crippen LogP contribution in [0.5, 0.6) is 0 Å². The first-order chi connectivity index (χ1) is 10.2. The number of nitrogens with two attached hydrogens (primary N) is 1. The summed E-state index contributed by atoms with van der Waals surface area (Å²) in [6.45, 7) is 0. The van der Waals surface area contributed by atoms with Crippen molar-refractivity contribution in [2.75, 3.05) is 5.73 Å². The van der Waals surface area contributed by atoms with Gasteiger partial charge in [-0.1, -0.05) is 34.1 Å². The number of halogens is 1. The van der Waals surface area contributed by atoms with Crippen molar-refractivity contribution in [3.63, 3.8) is 0 Å². The molecule has 2 unspecified atom stereocenters. The quantitative estimate of drug-likeness (QED) is 0.497. The smallest absolute Gasteiger partial charge is 0.220 e. The van der Waals surface area contributed by atoms with Crippen molar-refractivity contribution in [3.05, 3.63) is 51.8 Å². The molecule has 0 radical (unpaired) electrons. The normalized spacial score (nSPS) is 21.4. The molecule has 3 rings (SSSR count). The van der Waals surface area contributed by atoms with Crippen molar-refractivity contribution in [2.24, 2.45) is 5.16 Å². The summed E-state index contributed by atoms with van der Waals surface area (Å²) < 4.78 is 1.08. The highest BCUT2D eigenvalue weighted by Gasteiger charge is 2.29. The number of fused-ring (bicyclic) bond motifs is 1. The molecule has 1 aromatic heterocycles. The van der Waals surface area contributed by atoms with E-state index in [4.69, 9.17) is 10.9 Å². The molecule has 6 heteroatoms. The van der Waals surface area contributed by atoms with Crippen LogP contribution in [0.4, 0.5) is 5.95 Å². The van der Waals surface area contributed by atoms with Crippen molar-refractivity contribution in [2.45, 2.75) is 24.7 Å². The third-order valence-corrected chi connectivity index (χ3v) is 4.61. The lowest BCUT2D eigenvalue weighted by atomic mass is 9.77. The van der Waals surface area contributed by atoms with Crippen molar-refractivity contribution in [3.8, 4) is 0 Å². The summed E-state index contributed by atoms with van der Waals surface area (Å²) in [4.78, 5) is 8.41. The highest BCUT2D eigenvalue weighted by Crippen LogP contribution is 2.40. The van der Waals surface area contributed by atoms with Crippen LogP contribution < -0.4 is 5.73 Å². The Morgan fingerprint density at radius 2 is 2.14 bits per heavy atom. The summed E-state index contributed by atoms with van der Waals surface area (Å²) in [5.41, 5.74) is 8.85. The molecule has 1 heterocycles. The number of hydrogen-bond acceptors (Lipinski definition) is 5. The van der Waals surface area contributed by atoms with Gasteiger partial charge >= 0.3 is 0 Å². The third-order valence-electron chi connectivity index (χ3n) is 3.89. The van der Waals surface area contributed by atoms with Crippen LogP contribution in [-0.4, -0.2) is 21.4 Å². The molecular formula is C15H15BrN4O. The number of rotatable bonds is 2. The maximum atomic E-state index is 8.90. The van der Waals surface area contributed by atoms with Crippen molar-refractivity contribution < 1.29 is 5.21 Å². The molecule has 1 aliphatic carbocycles. The van der Waals surface area contributed by atoms with E-state index in [9.17, 15) is 0 Å². The van der Waals surface area contributed by atoms with Crippen molar-refractivity contribution >= 4 is 28.1 Å². The lowest BCUT2D eigenvalue weighted by Gasteiger charge is -2.29. The molecule has 108 valence electrons. The molecule has 2 atom stereocenters. The lowest BCUT2D eigenvalue weighted by Crippen LogP contribution is -2.21. The van der Waals surface area contributed by atoms with Crippen LogP contribution in [0.15, 0.2) is 40.1 Å². The Morgan fingerprint density at radius 1 is 1.33 bits per heavy atom. The van der Waals surface area contributed by atoms with Gasteiger partial charge in [-0.15, -0.1) is 5.16 Å². The van der Waals surface area contributed by atoms with Crippen molar-refractivity contribution in [1.82, 2.24) is 9.97 Å². The number of anilines is 1. The number of benzene rings is 1. The summed E-state index contributed by atoms with van der Waals surface area (Å²) in [5.74, 6) is 0.572. The minimum atomic E-state index is -0.00328. The summed E-state index contributed by atoms with van der Waals surface area (Å²) in [6.07, 6.45) is 4.94. The summed E-state index contributed by atoms with van der Waals surface area (Å²) in [5, 5.41) is 12.1. The zero-order valence-electron chi connectivity index (χ0n) is 11.3. The van der Waals surface area contributed by atoms with Gasteiger partial charge in [0, 0.05) is 22.2 Å². The average molecular weight is 347 g/mol. The molecule has 0 saturated heterocycles. The highest BCUT2D eigenvalue weighted by molar-refractivity contribution is 9.10. The number of aromatic nitrogens is 2. The van der Waals surface area contributed by atoms with E-state index in [2.05, 4.69) is 37.1 Å². The molecule has 0 spiro atoms. The van der Waals surface area contributed by atoms with Gasteiger partial charge in [-0.2, -0.15) is 0 Å². The van der Waals surface area contributed by atoms with Gasteiger partial charge in [0.15, 0.2) is 0 Å². The Kier molecular flexibility index (Phi) is 3.88. The Hall–Kier alpha value is -1.95. The Morgan fingerprint density at radius 3 is 2.90 bits per heavy atom. The van der Waals surface area contributed by atoms with Gasteiger partial charge in [0.05, 0.1) is 11.9 Å².